The molecule has 0 radical (unpaired) electrons. The van der Waals surface area contributed by atoms with Crippen LogP contribution in [0.2, 0.25) is 0 Å². The summed E-state index contributed by atoms with van der Waals surface area (Å²) in [5.74, 6) is 0.688. The van der Waals surface area contributed by atoms with Crippen molar-refractivity contribution >= 4 is 34.8 Å². The number of halogens is 1. The summed E-state index contributed by atoms with van der Waals surface area (Å²) < 4.78 is 13.3. The van der Waals surface area contributed by atoms with E-state index < -0.39 is 0 Å². The Balaban J connectivity index is 2.12. The van der Waals surface area contributed by atoms with E-state index in [4.69, 9.17) is 12.2 Å². The summed E-state index contributed by atoms with van der Waals surface area (Å²) >= 11 is 6.77. The van der Waals surface area contributed by atoms with E-state index in [0.717, 1.165) is 28.3 Å². The molecule has 0 aromatic heterocycles. The van der Waals surface area contributed by atoms with Crippen molar-refractivity contribution in [2.75, 3.05) is 12.3 Å². The molecule has 6 heteroatoms. The molecule has 0 saturated heterocycles. The lowest BCUT2D eigenvalue weighted by Gasteiger charge is -2.17. The maximum Gasteiger partial charge on any atom is 0.187 e. The van der Waals surface area contributed by atoms with Gasteiger partial charge in [-0.1, -0.05) is 6.08 Å². The van der Waals surface area contributed by atoms with Crippen LogP contribution in [0.5, 0.6) is 0 Å². The average molecular weight is 295 g/mol. The topological polar surface area (TPSA) is 36.4 Å². The second-order valence-electron chi connectivity index (χ2n) is 3.91. The van der Waals surface area contributed by atoms with Crippen molar-refractivity contribution in [3.63, 3.8) is 0 Å². The van der Waals surface area contributed by atoms with Gasteiger partial charge in [0, 0.05) is 29.2 Å². The van der Waals surface area contributed by atoms with Crippen LogP contribution in [-0.4, -0.2) is 23.1 Å². The lowest BCUT2D eigenvalue weighted by Crippen LogP contribution is -2.33. The summed E-state index contributed by atoms with van der Waals surface area (Å²) in [6.45, 7) is 4.17. The average Bonchev–Trinajstić information content (AvgIpc) is 2.42. The van der Waals surface area contributed by atoms with Gasteiger partial charge in [0.25, 0.3) is 0 Å². The van der Waals surface area contributed by atoms with Gasteiger partial charge in [-0.2, -0.15) is 5.10 Å². The third kappa shape index (κ3) is 3.78. The van der Waals surface area contributed by atoms with Crippen LogP contribution in [0.4, 0.5) is 4.39 Å². The largest absolute Gasteiger partial charge is 0.358 e. The molecule has 0 saturated carbocycles. The van der Waals surface area contributed by atoms with Gasteiger partial charge in [-0.25, -0.2) is 4.39 Å². The monoisotopic (exact) mass is 295 g/mol. The highest BCUT2D eigenvalue weighted by Gasteiger charge is 2.16. The summed E-state index contributed by atoms with van der Waals surface area (Å²) in [6.07, 6.45) is 2.50. The van der Waals surface area contributed by atoms with E-state index in [9.17, 15) is 4.39 Å². The molecule has 1 heterocycles. The Labute approximate surface area is 121 Å². The minimum absolute atomic E-state index is 0.249. The number of rotatable bonds is 3. The first-order valence-electron chi connectivity index (χ1n) is 5.84. The van der Waals surface area contributed by atoms with E-state index >= 15 is 0 Å². The summed E-state index contributed by atoms with van der Waals surface area (Å²) in [5, 5.41) is 7.62. The molecule has 0 bridgehead atoms. The number of hydrazone groups is 1. The fourth-order valence-electron chi connectivity index (χ4n) is 1.68. The van der Waals surface area contributed by atoms with E-state index in [-0.39, 0.29) is 5.82 Å². The predicted octanol–water partition coefficient (Wildman–Crippen LogP) is 2.68. The first kappa shape index (κ1) is 14.0. The van der Waals surface area contributed by atoms with Gasteiger partial charge < -0.3 is 5.32 Å². The van der Waals surface area contributed by atoms with Crippen molar-refractivity contribution in [3.05, 3.63) is 42.2 Å². The fourth-order valence-corrected chi connectivity index (χ4v) is 2.83. The van der Waals surface area contributed by atoms with Crippen molar-refractivity contribution in [3.8, 4) is 0 Å². The van der Waals surface area contributed by atoms with Gasteiger partial charge in [0.2, 0.25) is 0 Å². The SMILES string of the molecule is C=CCNC(=S)N/N=C1/CCSc2ccc(F)cc21. The zero-order chi connectivity index (χ0) is 13.7. The van der Waals surface area contributed by atoms with E-state index in [1.807, 2.05) is 0 Å². The van der Waals surface area contributed by atoms with Crippen molar-refractivity contribution in [1.82, 2.24) is 10.7 Å². The molecular formula is C13H14FN3S2. The van der Waals surface area contributed by atoms with Crippen LogP contribution in [0.1, 0.15) is 12.0 Å². The van der Waals surface area contributed by atoms with Crippen LogP contribution in [0.3, 0.4) is 0 Å². The van der Waals surface area contributed by atoms with Crippen molar-refractivity contribution < 1.29 is 4.39 Å². The molecule has 0 aliphatic carbocycles. The number of fused-ring (bicyclic) bond motifs is 1. The molecule has 0 spiro atoms. The minimum atomic E-state index is -0.249. The van der Waals surface area contributed by atoms with Gasteiger partial charge in [0.1, 0.15) is 5.82 Å². The summed E-state index contributed by atoms with van der Waals surface area (Å²) in [7, 11) is 0. The lowest BCUT2D eigenvalue weighted by atomic mass is 10.1. The fraction of sp³-hybridized carbons (Fsp3) is 0.231. The van der Waals surface area contributed by atoms with Gasteiger partial charge in [0.15, 0.2) is 5.11 Å². The number of hydrogen-bond acceptors (Lipinski definition) is 3. The predicted molar refractivity (Wildman–Crippen MR) is 82.2 cm³/mol. The molecule has 2 rings (SSSR count). The highest BCUT2D eigenvalue weighted by molar-refractivity contribution is 7.99. The molecule has 100 valence electrons. The number of thiocarbonyl (C=S) groups is 1. The Morgan fingerprint density at radius 2 is 2.42 bits per heavy atom. The second-order valence-corrected chi connectivity index (χ2v) is 5.45. The standard InChI is InChI=1S/C13H14FN3S2/c1-2-6-15-13(18)17-16-11-5-7-19-12-4-3-9(14)8-10(11)12/h2-4,8H,1,5-7H2,(H2,15,17,18)/b16-11-. The normalized spacial score (nSPS) is 15.7. The maximum absolute atomic E-state index is 13.3. The van der Waals surface area contributed by atoms with Crippen LogP contribution in [0, 0.1) is 5.82 Å². The van der Waals surface area contributed by atoms with E-state index in [1.54, 1.807) is 23.9 Å². The molecule has 3 nitrogen and oxygen atoms in total. The van der Waals surface area contributed by atoms with Crippen LogP contribution in [0.25, 0.3) is 0 Å². The Morgan fingerprint density at radius 3 is 3.21 bits per heavy atom. The Kier molecular flexibility index (Phi) is 4.93. The molecule has 0 fully saturated rings. The molecule has 0 unspecified atom stereocenters. The quantitative estimate of drug-likeness (QED) is 0.511. The molecule has 0 atom stereocenters. The zero-order valence-corrected chi connectivity index (χ0v) is 11.9. The molecule has 1 aliphatic heterocycles. The first-order valence-corrected chi connectivity index (χ1v) is 7.24. The Bertz CT molecular complexity index is 529. The van der Waals surface area contributed by atoms with Gasteiger partial charge in [-0.05, 0) is 30.4 Å². The van der Waals surface area contributed by atoms with Crippen LogP contribution >= 0.6 is 24.0 Å². The number of thioether (sulfide) groups is 1. The third-order valence-electron chi connectivity index (χ3n) is 2.55. The van der Waals surface area contributed by atoms with Crippen LogP contribution in [-0.2, 0) is 0 Å². The summed E-state index contributed by atoms with van der Waals surface area (Å²) in [6, 6.07) is 4.78. The molecule has 1 aliphatic rings. The smallest absolute Gasteiger partial charge is 0.187 e. The van der Waals surface area contributed by atoms with Gasteiger partial charge >= 0.3 is 0 Å². The molecular weight excluding hydrogens is 281 g/mol. The van der Waals surface area contributed by atoms with E-state index in [2.05, 4.69) is 22.4 Å². The molecule has 2 N–H and O–H groups in total. The molecule has 19 heavy (non-hydrogen) atoms. The lowest BCUT2D eigenvalue weighted by molar-refractivity contribution is 0.626. The van der Waals surface area contributed by atoms with E-state index in [0.29, 0.717) is 11.7 Å². The van der Waals surface area contributed by atoms with Crippen LogP contribution < -0.4 is 10.7 Å². The number of benzene rings is 1. The van der Waals surface area contributed by atoms with Gasteiger partial charge in [-0.15, -0.1) is 18.3 Å². The zero-order valence-electron chi connectivity index (χ0n) is 10.3. The maximum atomic E-state index is 13.3. The molecule has 1 aromatic rings. The molecule has 0 amide bonds. The van der Waals surface area contributed by atoms with Gasteiger partial charge in [0.05, 0.1) is 5.71 Å². The first-order chi connectivity index (χ1) is 9.20. The van der Waals surface area contributed by atoms with Gasteiger partial charge in [-0.3, -0.25) is 5.43 Å². The minimum Gasteiger partial charge on any atom is -0.358 e. The van der Waals surface area contributed by atoms with E-state index in [1.165, 1.54) is 12.1 Å². The summed E-state index contributed by atoms with van der Waals surface area (Å²) in [4.78, 5) is 1.05. The Morgan fingerprint density at radius 1 is 1.58 bits per heavy atom. The van der Waals surface area contributed by atoms with Crippen LogP contribution in [0.15, 0.2) is 40.9 Å². The third-order valence-corrected chi connectivity index (χ3v) is 3.86. The second kappa shape index (κ2) is 6.68. The number of nitrogens with zero attached hydrogens (tertiary/aromatic N) is 1. The molecule has 1 aromatic carbocycles. The number of hydrogen-bond donors (Lipinski definition) is 2. The number of nitrogens with one attached hydrogen (secondary N) is 2. The van der Waals surface area contributed by atoms with Crippen molar-refractivity contribution in [2.45, 2.75) is 11.3 Å². The summed E-state index contributed by atoms with van der Waals surface area (Å²) in [5.41, 5.74) is 4.45. The Hall–Kier alpha value is -1.40. The van der Waals surface area contributed by atoms with Crippen molar-refractivity contribution in [1.29, 1.82) is 0 Å². The highest BCUT2D eigenvalue weighted by Crippen LogP contribution is 2.30. The highest BCUT2D eigenvalue weighted by atomic mass is 32.2. The van der Waals surface area contributed by atoms with Crippen molar-refractivity contribution in [2.24, 2.45) is 5.10 Å².